The molecule has 5 nitrogen and oxygen atoms in total. The fourth-order valence-corrected chi connectivity index (χ4v) is 4.71. The zero-order valence-corrected chi connectivity index (χ0v) is 20.0. The topological polar surface area (TPSA) is 49.3 Å². The van der Waals surface area contributed by atoms with Gasteiger partial charge in [0.2, 0.25) is 0 Å². The first-order valence-electron chi connectivity index (χ1n) is 10.8. The fraction of sp³-hybridized carbons (Fsp3) is 0.320. The molecule has 0 radical (unpaired) electrons. The molecule has 1 aliphatic heterocycles. The third-order valence-corrected chi connectivity index (χ3v) is 6.14. The molecule has 1 saturated heterocycles. The number of aromatic nitrogens is 2. The van der Waals surface area contributed by atoms with Crippen molar-refractivity contribution in [1.29, 1.82) is 0 Å². The maximum atomic E-state index is 13.0. The Morgan fingerprint density at radius 2 is 1.56 bits per heavy atom. The van der Waals surface area contributed by atoms with Gasteiger partial charge in [-0.25, -0.2) is 9.97 Å². The summed E-state index contributed by atoms with van der Waals surface area (Å²) in [5.74, 6) is 1.93. The molecule has 0 spiro atoms. The van der Waals surface area contributed by atoms with Crippen LogP contribution in [0.25, 0.3) is 11.4 Å². The van der Waals surface area contributed by atoms with E-state index >= 15 is 0 Å². The van der Waals surface area contributed by atoms with Crippen molar-refractivity contribution in [3.63, 3.8) is 0 Å². The normalized spacial score (nSPS) is 14.2. The second kappa shape index (κ2) is 9.47. The van der Waals surface area contributed by atoms with Crippen LogP contribution >= 0.6 is 23.2 Å². The second-order valence-corrected chi connectivity index (χ2v) is 9.20. The SMILES string of the molecule is Cc1nc(-c2ccccc2)nc(N2CCN(C(=O)c3cc(Cl)cc(Cl)c3)CC2)c1C(C)C. The predicted octanol–water partition coefficient (Wildman–Crippen LogP) is 5.84. The van der Waals surface area contributed by atoms with Crippen LogP contribution in [-0.4, -0.2) is 47.0 Å². The largest absolute Gasteiger partial charge is 0.353 e. The lowest BCUT2D eigenvalue weighted by atomic mass is 10.0. The van der Waals surface area contributed by atoms with Gasteiger partial charge in [0, 0.05) is 58.6 Å². The summed E-state index contributed by atoms with van der Waals surface area (Å²) in [6.07, 6.45) is 0. The third-order valence-electron chi connectivity index (χ3n) is 5.70. The Labute approximate surface area is 199 Å². The molecule has 0 unspecified atom stereocenters. The first-order valence-corrected chi connectivity index (χ1v) is 11.5. The number of hydrogen-bond donors (Lipinski definition) is 0. The van der Waals surface area contributed by atoms with E-state index in [2.05, 4.69) is 25.7 Å². The van der Waals surface area contributed by atoms with Crippen LogP contribution in [0.4, 0.5) is 5.82 Å². The molecule has 1 amide bonds. The fourth-order valence-electron chi connectivity index (χ4n) is 4.18. The molecular formula is C25H26Cl2N4O. The number of amides is 1. The van der Waals surface area contributed by atoms with E-state index in [4.69, 9.17) is 33.2 Å². The average molecular weight is 469 g/mol. The van der Waals surface area contributed by atoms with Crippen molar-refractivity contribution >= 4 is 34.9 Å². The lowest BCUT2D eigenvalue weighted by Gasteiger charge is -2.37. The van der Waals surface area contributed by atoms with Crippen LogP contribution in [0.1, 0.15) is 41.4 Å². The van der Waals surface area contributed by atoms with Crippen LogP contribution in [0, 0.1) is 6.92 Å². The highest BCUT2D eigenvalue weighted by atomic mass is 35.5. The highest BCUT2D eigenvalue weighted by Gasteiger charge is 2.27. The minimum Gasteiger partial charge on any atom is -0.353 e. The Bertz CT molecular complexity index is 1110. The van der Waals surface area contributed by atoms with Crippen molar-refractivity contribution in [1.82, 2.24) is 14.9 Å². The number of benzene rings is 2. The number of carbonyl (C=O) groups is 1. The molecule has 0 bridgehead atoms. The van der Waals surface area contributed by atoms with Crippen molar-refractivity contribution in [3.05, 3.63) is 75.4 Å². The van der Waals surface area contributed by atoms with Crippen LogP contribution in [0.15, 0.2) is 48.5 Å². The maximum absolute atomic E-state index is 13.0. The van der Waals surface area contributed by atoms with E-state index in [-0.39, 0.29) is 5.91 Å². The van der Waals surface area contributed by atoms with Crippen molar-refractivity contribution in [2.45, 2.75) is 26.7 Å². The quantitative estimate of drug-likeness (QED) is 0.482. The summed E-state index contributed by atoms with van der Waals surface area (Å²) in [4.78, 5) is 26.9. The second-order valence-electron chi connectivity index (χ2n) is 8.33. The van der Waals surface area contributed by atoms with E-state index in [9.17, 15) is 4.79 Å². The Balaban J connectivity index is 1.58. The Morgan fingerprint density at radius 3 is 2.16 bits per heavy atom. The van der Waals surface area contributed by atoms with Gasteiger partial charge in [-0.1, -0.05) is 67.4 Å². The average Bonchev–Trinajstić information content (AvgIpc) is 2.78. The number of halogens is 2. The molecule has 3 aromatic rings. The summed E-state index contributed by atoms with van der Waals surface area (Å²) in [5, 5.41) is 0.928. The van der Waals surface area contributed by atoms with Crippen molar-refractivity contribution < 1.29 is 4.79 Å². The molecule has 0 aliphatic carbocycles. The molecule has 1 aliphatic rings. The van der Waals surface area contributed by atoms with E-state index < -0.39 is 0 Å². The van der Waals surface area contributed by atoms with E-state index in [1.807, 2.05) is 35.2 Å². The lowest BCUT2D eigenvalue weighted by Crippen LogP contribution is -2.49. The van der Waals surface area contributed by atoms with E-state index in [1.54, 1.807) is 18.2 Å². The van der Waals surface area contributed by atoms with Gasteiger partial charge < -0.3 is 9.80 Å². The summed E-state index contributed by atoms with van der Waals surface area (Å²) in [6.45, 7) is 8.99. The van der Waals surface area contributed by atoms with Crippen molar-refractivity contribution in [3.8, 4) is 11.4 Å². The van der Waals surface area contributed by atoms with Gasteiger partial charge >= 0.3 is 0 Å². The number of nitrogens with zero attached hydrogens (tertiary/aromatic N) is 4. The predicted molar refractivity (Wildman–Crippen MR) is 131 cm³/mol. The van der Waals surface area contributed by atoms with Crippen LogP contribution < -0.4 is 4.90 Å². The third kappa shape index (κ3) is 4.74. The minimum atomic E-state index is -0.0537. The summed E-state index contributed by atoms with van der Waals surface area (Å²) in [7, 11) is 0. The number of rotatable bonds is 4. The van der Waals surface area contributed by atoms with Crippen LogP contribution in [0.5, 0.6) is 0 Å². The number of hydrogen-bond acceptors (Lipinski definition) is 4. The van der Waals surface area contributed by atoms with Gasteiger partial charge in [-0.2, -0.15) is 0 Å². The van der Waals surface area contributed by atoms with E-state index in [0.29, 0.717) is 47.7 Å². The Kier molecular flexibility index (Phi) is 6.68. The highest BCUT2D eigenvalue weighted by Crippen LogP contribution is 2.31. The molecule has 0 atom stereocenters. The smallest absolute Gasteiger partial charge is 0.254 e. The molecule has 0 saturated carbocycles. The Morgan fingerprint density at radius 1 is 0.938 bits per heavy atom. The summed E-state index contributed by atoms with van der Waals surface area (Å²) < 4.78 is 0. The van der Waals surface area contributed by atoms with Gasteiger partial charge in [0.1, 0.15) is 5.82 Å². The van der Waals surface area contributed by atoms with Crippen molar-refractivity contribution in [2.75, 3.05) is 31.1 Å². The molecule has 1 fully saturated rings. The van der Waals surface area contributed by atoms with Gasteiger partial charge in [0.15, 0.2) is 5.82 Å². The summed E-state index contributed by atoms with van der Waals surface area (Å²) in [5.41, 5.74) is 3.67. The van der Waals surface area contributed by atoms with Crippen LogP contribution in [-0.2, 0) is 0 Å². The lowest BCUT2D eigenvalue weighted by molar-refractivity contribution is 0.0746. The zero-order valence-electron chi connectivity index (χ0n) is 18.5. The van der Waals surface area contributed by atoms with Gasteiger partial charge in [-0.3, -0.25) is 4.79 Å². The minimum absolute atomic E-state index is 0.0537. The Hall–Kier alpha value is -2.63. The number of piperazine rings is 1. The monoisotopic (exact) mass is 468 g/mol. The van der Waals surface area contributed by atoms with Crippen molar-refractivity contribution in [2.24, 2.45) is 0 Å². The van der Waals surface area contributed by atoms with Gasteiger partial charge in [-0.05, 0) is 31.0 Å². The standard InChI is InChI=1S/C25H26Cl2N4O/c1-16(2)22-17(3)28-23(18-7-5-4-6-8-18)29-24(22)30-9-11-31(12-10-30)25(32)19-13-20(26)15-21(27)14-19/h4-8,13-16H,9-12H2,1-3H3. The number of carbonyl (C=O) groups excluding carboxylic acids is 1. The molecule has 32 heavy (non-hydrogen) atoms. The molecule has 0 N–H and O–H groups in total. The zero-order chi connectivity index (χ0) is 22.8. The van der Waals surface area contributed by atoms with Gasteiger partial charge in [-0.15, -0.1) is 0 Å². The molecule has 2 aromatic carbocycles. The van der Waals surface area contributed by atoms with E-state index in [1.165, 1.54) is 0 Å². The molecule has 1 aromatic heterocycles. The maximum Gasteiger partial charge on any atom is 0.254 e. The molecule has 166 valence electrons. The molecule has 2 heterocycles. The first kappa shape index (κ1) is 22.6. The summed E-state index contributed by atoms with van der Waals surface area (Å²) in [6, 6.07) is 15.0. The van der Waals surface area contributed by atoms with Gasteiger partial charge in [0.05, 0.1) is 0 Å². The van der Waals surface area contributed by atoms with Crippen LogP contribution in [0.3, 0.4) is 0 Å². The van der Waals surface area contributed by atoms with Gasteiger partial charge in [0.25, 0.3) is 5.91 Å². The van der Waals surface area contributed by atoms with Crippen LogP contribution in [0.2, 0.25) is 10.0 Å². The molecular weight excluding hydrogens is 443 g/mol. The molecule has 7 heteroatoms. The first-order chi connectivity index (χ1) is 15.3. The molecule has 4 rings (SSSR count). The highest BCUT2D eigenvalue weighted by molar-refractivity contribution is 6.35. The summed E-state index contributed by atoms with van der Waals surface area (Å²) >= 11 is 12.2. The number of aryl methyl sites for hydroxylation is 1. The van der Waals surface area contributed by atoms with E-state index in [0.717, 1.165) is 28.5 Å². The number of anilines is 1.